The molecule has 1 atom stereocenters. The molecule has 0 saturated heterocycles. The molecule has 4 rings (SSSR count). The molecule has 0 fully saturated rings. The second-order valence-corrected chi connectivity index (χ2v) is 7.42. The number of aliphatic hydroxyl groups excluding tert-OH is 1. The second-order valence-electron chi connectivity index (χ2n) is 7.42. The summed E-state index contributed by atoms with van der Waals surface area (Å²) >= 11 is 0. The zero-order valence-corrected chi connectivity index (χ0v) is 18.1. The van der Waals surface area contributed by atoms with E-state index in [-0.39, 0.29) is 30.3 Å². The van der Waals surface area contributed by atoms with Gasteiger partial charge in [0.25, 0.3) is 5.56 Å². The molecular formula is C22H23N7O4. The highest BCUT2D eigenvalue weighted by molar-refractivity contribution is 5.80. The average molecular weight is 449 g/mol. The van der Waals surface area contributed by atoms with Gasteiger partial charge in [-0.1, -0.05) is 24.3 Å². The smallest absolute Gasteiger partial charge is 0.329 e. The van der Waals surface area contributed by atoms with Gasteiger partial charge in [0.15, 0.2) is 11.2 Å². The number of nitrogens with zero attached hydrogens (tertiary/aromatic N) is 5. The summed E-state index contributed by atoms with van der Waals surface area (Å²) in [6.07, 6.45) is 3.85. The summed E-state index contributed by atoms with van der Waals surface area (Å²) in [7, 11) is 1.50. The first-order valence-electron chi connectivity index (χ1n) is 10.2. The number of nitrogens with one attached hydrogen (secondary N) is 2. The molecule has 0 bridgehead atoms. The number of aryl methyl sites for hydroxylation is 2. The standard InChI is InChI=1S/C22H23N7O4/c1-14-6-3-4-8-17(14)33-13-16(30)12-29-18-19(28(2)22(32)26-20(18)31)25-21(29)27-24-11-15-7-5-9-23-10-15/h3-11,16,30H,12-13H2,1-2H3,(H,25,27)(H,26,31,32). The number of pyridine rings is 1. The number of hydrazone groups is 1. The first-order valence-corrected chi connectivity index (χ1v) is 10.2. The van der Waals surface area contributed by atoms with Crippen molar-refractivity contribution in [3.05, 3.63) is 80.8 Å². The van der Waals surface area contributed by atoms with Gasteiger partial charge in [0.2, 0.25) is 5.95 Å². The molecule has 3 aromatic heterocycles. The van der Waals surface area contributed by atoms with E-state index < -0.39 is 17.4 Å². The van der Waals surface area contributed by atoms with E-state index in [4.69, 9.17) is 4.74 Å². The Labute approximate surface area is 188 Å². The summed E-state index contributed by atoms with van der Waals surface area (Å²) in [6, 6.07) is 11.1. The largest absolute Gasteiger partial charge is 0.491 e. The molecule has 0 amide bonds. The lowest BCUT2D eigenvalue weighted by atomic mass is 10.2. The van der Waals surface area contributed by atoms with Crippen molar-refractivity contribution in [1.82, 2.24) is 24.1 Å². The minimum atomic E-state index is -0.971. The van der Waals surface area contributed by atoms with Gasteiger partial charge >= 0.3 is 5.69 Å². The van der Waals surface area contributed by atoms with Crippen molar-refractivity contribution in [2.75, 3.05) is 12.0 Å². The predicted octanol–water partition coefficient (Wildman–Crippen LogP) is 1.01. The molecule has 0 spiro atoms. The van der Waals surface area contributed by atoms with Gasteiger partial charge in [0.05, 0.1) is 12.8 Å². The maximum Gasteiger partial charge on any atom is 0.329 e. The molecule has 3 N–H and O–H groups in total. The summed E-state index contributed by atoms with van der Waals surface area (Å²) in [5.41, 5.74) is 3.57. The maximum atomic E-state index is 12.6. The number of benzene rings is 1. The fraction of sp³-hybridized carbons (Fsp3) is 0.227. The van der Waals surface area contributed by atoms with Gasteiger partial charge in [-0.25, -0.2) is 10.2 Å². The number of aromatic amines is 1. The van der Waals surface area contributed by atoms with Crippen LogP contribution in [0.5, 0.6) is 5.75 Å². The van der Waals surface area contributed by atoms with Crippen LogP contribution in [0.15, 0.2) is 63.5 Å². The van der Waals surface area contributed by atoms with Crippen LogP contribution in [-0.2, 0) is 13.6 Å². The van der Waals surface area contributed by atoms with Crippen molar-refractivity contribution in [3.8, 4) is 5.75 Å². The Bertz CT molecular complexity index is 1410. The van der Waals surface area contributed by atoms with Crippen LogP contribution in [0.25, 0.3) is 11.2 Å². The van der Waals surface area contributed by atoms with Gasteiger partial charge in [-0.3, -0.25) is 19.3 Å². The number of ether oxygens (including phenoxy) is 1. The number of aliphatic hydroxyl groups is 1. The molecular weight excluding hydrogens is 426 g/mol. The quantitative estimate of drug-likeness (QED) is 0.269. The lowest BCUT2D eigenvalue weighted by Crippen LogP contribution is -2.30. The predicted molar refractivity (Wildman–Crippen MR) is 124 cm³/mol. The van der Waals surface area contributed by atoms with E-state index in [9.17, 15) is 14.7 Å². The third-order valence-corrected chi connectivity index (χ3v) is 4.99. The lowest BCUT2D eigenvalue weighted by molar-refractivity contribution is 0.0935. The first kappa shape index (κ1) is 22.0. The molecule has 0 aliphatic rings. The highest BCUT2D eigenvalue weighted by atomic mass is 16.5. The third-order valence-electron chi connectivity index (χ3n) is 4.99. The van der Waals surface area contributed by atoms with E-state index in [0.717, 1.165) is 11.1 Å². The Morgan fingerprint density at radius 1 is 1.27 bits per heavy atom. The maximum absolute atomic E-state index is 12.6. The number of hydrogen-bond donors (Lipinski definition) is 3. The SMILES string of the molecule is Cc1ccccc1OCC(O)Cn1c(NN=Cc2cccnc2)nc2c1c(=O)[nH]c(=O)n2C. The van der Waals surface area contributed by atoms with Gasteiger partial charge in [0.1, 0.15) is 18.5 Å². The Balaban J connectivity index is 1.63. The van der Waals surface area contributed by atoms with Gasteiger partial charge in [0, 0.05) is 25.0 Å². The van der Waals surface area contributed by atoms with Crippen molar-refractivity contribution in [3.63, 3.8) is 0 Å². The fourth-order valence-electron chi connectivity index (χ4n) is 3.28. The van der Waals surface area contributed by atoms with Crippen molar-refractivity contribution in [1.29, 1.82) is 0 Å². The van der Waals surface area contributed by atoms with Crippen LogP contribution in [0.2, 0.25) is 0 Å². The summed E-state index contributed by atoms with van der Waals surface area (Å²) in [5.74, 6) is 0.846. The molecule has 0 radical (unpaired) electrons. The van der Waals surface area contributed by atoms with Gasteiger partial charge in [-0.05, 0) is 24.6 Å². The molecule has 11 heteroatoms. The van der Waals surface area contributed by atoms with Crippen LogP contribution >= 0.6 is 0 Å². The summed E-state index contributed by atoms with van der Waals surface area (Å²) in [5, 5.41) is 14.8. The normalized spacial score (nSPS) is 12.3. The molecule has 170 valence electrons. The minimum Gasteiger partial charge on any atom is -0.491 e. The molecule has 0 saturated carbocycles. The van der Waals surface area contributed by atoms with Crippen LogP contribution in [0.1, 0.15) is 11.1 Å². The number of fused-ring (bicyclic) bond motifs is 1. The van der Waals surface area contributed by atoms with Gasteiger partial charge in [-0.15, -0.1) is 0 Å². The summed E-state index contributed by atoms with van der Waals surface area (Å²) in [6.45, 7) is 1.88. The van der Waals surface area contributed by atoms with Crippen LogP contribution in [-0.4, -0.2) is 48.1 Å². The molecule has 1 aromatic carbocycles. The molecule has 11 nitrogen and oxygen atoms in total. The Morgan fingerprint density at radius 2 is 2.09 bits per heavy atom. The van der Waals surface area contributed by atoms with Crippen LogP contribution in [0.3, 0.4) is 0 Å². The van der Waals surface area contributed by atoms with E-state index in [1.54, 1.807) is 18.5 Å². The number of para-hydroxylation sites is 1. The summed E-state index contributed by atoms with van der Waals surface area (Å²) < 4.78 is 8.42. The van der Waals surface area contributed by atoms with E-state index >= 15 is 0 Å². The number of rotatable bonds is 8. The van der Waals surface area contributed by atoms with Crippen molar-refractivity contribution in [2.24, 2.45) is 12.1 Å². The fourth-order valence-corrected chi connectivity index (χ4v) is 3.28. The Morgan fingerprint density at radius 3 is 2.85 bits per heavy atom. The van der Waals surface area contributed by atoms with Crippen LogP contribution < -0.4 is 21.4 Å². The highest BCUT2D eigenvalue weighted by Gasteiger charge is 2.20. The van der Waals surface area contributed by atoms with Crippen molar-refractivity contribution >= 4 is 23.3 Å². The molecule has 0 aliphatic carbocycles. The zero-order chi connectivity index (χ0) is 23.4. The number of hydrogen-bond acceptors (Lipinski definition) is 8. The van der Waals surface area contributed by atoms with Crippen molar-refractivity contribution in [2.45, 2.75) is 19.6 Å². The molecule has 0 aliphatic heterocycles. The molecule has 4 aromatic rings. The molecule has 3 heterocycles. The average Bonchev–Trinajstić information content (AvgIpc) is 3.16. The van der Waals surface area contributed by atoms with Gasteiger partial charge < -0.3 is 14.4 Å². The minimum absolute atomic E-state index is 0.00735. The van der Waals surface area contributed by atoms with E-state index in [1.165, 1.54) is 22.4 Å². The van der Waals surface area contributed by atoms with Crippen LogP contribution in [0, 0.1) is 6.92 Å². The van der Waals surface area contributed by atoms with E-state index in [0.29, 0.717) is 5.75 Å². The van der Waals surface area contributed by atoms with Crippen LogP contribution in [0.4, 0.5) is 5.95 Å². The number of H-pyrrole nitrogens is 1. The zero-order valence-electron chi connectivity index (χ0n) is 18.1. The number of aromatic nitrogens is 5. The van der Waals surface area contributed by atoms with Gasteiger partial charge in [-0.2, -0.15) is 10.1 Å². The lowest BCUT2D eigenvalue weighted by Gasteiger charge is -2.16. The number of imidazole rings is 1. The third kappa shape index (κ3) is 4.83. The monoisotopic (exact) mass is 449 g/mol. The first-order chi connectivity index (χ1) is 15.9. The Hall–Kier alpha value is -4.25. The topological polar surface area (TPSA) is 139 Å². The highest BCUT2D eigenvalue weighted by Crippen LogP contribution is 2.18. The van der Waals surface area contributed by atoms with Crippen molar-refractivity contribution < 1.29 is 9.84 Å². The second kappa shape index (κ2) is 9.49. The Kier molecular flexibility index (Phi) is 6.31. The van der Waals surface area contributed by atoms with E-state index in [1.807, 2.05) is 37.3 Å². The molecule has 1 unspecified atom stereocenters. The number of anilines is 1. The molecule has 33 heavy (non-hydrogen) atoms. The van der Waals surface area contributed by atoms with E-state index in [2.05, 4.69) is 25.5 Å². The summed E-state index contributed by atoms with van der Waals surface area (Å²) in [4.78, 5) is 35.2.